The van der Waals surface area contributed by atoms with Crippen molar-refractivity contribution in [2.24, 2.45) is 23.7 Å². The molecule has 1 saturated carbocycles. The number of fused-ring (bicyclic) bond motifs is 4. The molecule has 2 N–H and O–H groups in total. The maximum atomic E-state index is 15.0. The largest absolute Gasteiger partial charge is 0.508 e. The lowest BCUT2D eigenvalue weighted by molar-refractivity contribution is -0.140. The van der Waals surface area contributed by atoms with Gasteiger partial charge in [-0.3, -0.25) is 24.6 Å². The summed E-state index contributed by atoms with van der Waals surface area (Å²) >= 11 is 13.1. The lowest BCUT2D eigenvalue weighted by Gasteiger charge is -2.50. The maximum Gasteiger partial charge on any atom is 0.423 e. The molecule has 3 aromatic carbocycles. The summed E-state index contributed by atoms with van der Waals surface area (Å²) < 4.78 is 18.5. The van der Waals surface area contributed by atoms with Crippen LogP contribution in [0.5, 0.6) is 5.75 Å². The summed E-state index contributed by atoms with van der Waals surface area (Å²) in [5.41, 5.74) is 2.95. The van der Waals surface area contributed by atoms with Gasteiger partial charge in [-0.25, -0.2) is 9.18 Å². The van der Waals surface area contributed by atoms with Gasteiger partial charge in [0.25, 0.3) is 11.8 Å². The number of allylic oxidation sites excluding steroid dienone is 2. The molecule has 0 radical (unpaired) electrons. The summed E-state index contributed by atoms with van der Waals surface area (Å²) in [4.78, 5) is 69.8. The molecular formula is C34H26Cl2FN3O7. The van der Waals surface area contributed by atoms with Crippen LogP contribution in [-0.4, -0.2) is 51.8 Å². The van der Waals surface area contributed by atoms with E-state index in [4.69, 9.17) is 27.9 Å². The third-order valence-electron chi connectivity index (χ3n) is 9.91. The number of nitrogens with zero attached hydrogens (tertiary/aromatic N) is 2. The van der Waals surface area contributed by atoms with E-state index in [1.54, 1.807) is 36.4 Å². The first-order valence-corrected chi connectivity index (χ1v) is 15.5. The number of phenols is 1. The van der Waals surface area contributed by atoms with Crippen molar-refractivity contribution in [2.75, 3.05) is 12.5 Å². The highest BCUT2D eigenvalue weighted by molar-refractivity contribution is 6.32. The first kappa shape index (κ1) is 30.9. The van der Waals surface area contributed by atoms with E-state index in [2.05, 4.69) is 5.43 Å². The Kier molecular flexibility index (Phi) is 7.36. The van der Waals surface area contributed by atoms with Crippen molar-refractivity contribution < 1.29 is 38.2 Å². The monoisotopic (exact) mass is 677 g/mol. The number of nitrogens with one attached hydrogen (secondary N) is 1. The van der Waals surface area contributed by atoms with Crippen molar-refractivity contribution in [3.63, 3.8) is 0 Å². The van der Waals surface area contributed by atoms with E-state index < -0.39 is 70.5 Å². The summed E-state index contributed by atoms with van der Waals surface area (Å²) in [6.07, 6.45) is 0.763. The number of halogens is 3. The summed E-state index contributed by atoms with van der Waals surface area (Å²) in [6, 6.07) is 16.0. The van der Waals surface area contributed by atoms with Gasteiger partial charge in [0.15, 0.2) is 0 Å². The third kappa shape index (κ3) is 4.47. The second-order valence-electron chi connectivity index (χ2n) is 12.1. The number of phenolic OH excluding ortho intramolecular Hbond substituents is 1. The second kappa shape index (κ2) is 11.2. The minimum Gasteiger partial charge on any atom is -0.508 e. The molecule has 2 saturated heterocycles. The zero-order chi connectivity index (χ0) is 33.4. The minimum absolute atomic E-state index is 0.0258. The van der Waals surface area contributed by atoms with Crippen LogP contribution in [0.3, 0.4) is 0 Å². The van der Waals surface area contributed by atoms with Crippen LogP contribution in [0.2, 0.25) is 10.0 Å². The Morgan fingerprint density at radius 3 is 2.32 bits per heavy atom. The van der Waals surface area contributed by atoms with Crippen LogP contribution in [0.4, 0.5) is 14.9 Å². The molecule has 47 heavy (non-hydrogen) atoms. The van der Waals surface area contributed by atoms with Gasteiger partial charge in [-0.2, -0.15) is 9.91 Å². The maximum absolute atomic E-state index is 15.0. The number of anilines is 1. The van der Waals surface area contributed by atoms with E-state index in [9.17, 15) is 28.7 Å². The standard InChI is InChI=1S/C34H26Cl2FN3O7/c1-47-33(46)39-29(42)23-13-12-21-24(27(23)31(39)44)15-25-30(43)40(38-19-8-6-18(37)7-9-19)32(45)34(25,16-2-4-17(35)5-3-16)28(21)22-11-10-20(41)14-26(22)36/h2-12,14,23-25,27-28,38,41H,13,15H2,1H3. The number of methoxy groups -OCH3 is 1. The molecule has 5 amide bonds. The second-order valence-corrected chi connectivity index (χ2v) is 12.9. The number of hydrogen-bond acceptors (Lipinski definition) is 8. The number of amides is 5. The fraction of sp³-hybridized carbons (Fsp3) is 0.265. The van der Waals surface area contributed by atoms with Crippen molar-refractivity contribution in [3.8, 4) is 5.75 Å². The number of rotatable bonds is 4. The molecule has 10 nitrogen and oxygen atoms in total. The molecule has 0 spiro atoms. The van der Waals surface area contributed by atoms with Crippen molar-refractivity contribution in [2.45, 2.75) is 24.2 Å². The number of ether oxygens (including phenoxy) is 1. The highest BCUT2D eigenvalue weighted by Crippen LogP contribution is 2.64. The third-order valence-corrected chi connectivity index (χ3v) is 10.5. The van der Waals surface area contributed by atoms with Gasteiger partial charge in [-0.05, 0) is 78.4 Å². The zero-order valence-corrected chi connectivity index (χ0v) is 26.2. The molecule has 0 bridgehead atoms. The first-order valence-electron chi connectivity index (χ1n) is 14.8. The number of benzene rings is 3. The highest BCUT2D eigenvalue weighted by Gasteiger charge is 2.70. The van der Waals surface area contributed by atoms with Crippen molar-refractivity contribution in [1.29, 1.82) is 0 Å². The van der Waals surface area contributed by atoms with Gasteiger partial charge in [0.05, 0.1) is 36.0 Å². The molecule has 3 aromatic rings. The number of carbonyl (C=O) groups is 5. The Balaban J connectivity index is 1.46. The highest BCUT2D eigenvalue weighted by atomic mass is 35.5. The van der Waals surface area contributed by atoms with Gasteiger partial charge < -0.3 is 9.84 Å². The first-order chi connectivity index (χ1) is 22.5. The van der Waals surface area contributed by atoms with Crippen LogP contribution in [0, 0.1) is 29.5 Å². The molecule has 13 heteroatoms. The molecule has 240 valence electrons. The molecule has 3 fully saturated rings. The molecular weight excluding hydrogens is 652 g/mol. The number of imide groups is 4. The topological polar surface area (TPSA) is 133 Å². The fourth-order valence-corrected chi connectivity index (χ4v) is 8.43. The van der Waals surface area contributed by atoms with Crippen LogP contribution in [0.1, 0.15) is 29.9 Å². The van der Waals surface area contributed by atoms with Crippen molar-refractivity contribution in [3.05, 3.63) is 105 Å². The predicted octanol–water partition coefficient (Wildman–Crippen LogP) is 5.59. The Morgan fingerprint density at radius 2 is 1.66 bits per heavy atom. The molecule has 0 aromatic heterocycles. The van der Waals surface area contributed by atoms with E-state index >= 15 is 4.79 Å². The van der Waals surface area contributed by atoms with Crippen LogP contribution in [0.25, 0.3) is 0 Å². The molecule has 2 heterocycles. The van der Waals surface area contributed by atoms with E-state index in [1.807, 2.05) is 0 Å². The number of hydrazine groups is 1. The lowest BCUT2D eigenvalue weighted by Crippen LogP contribution is -2.53. The smallest absolute Gasteiger partial charge is 0.423 e. The van der Waals surface area contributed by atoms with Gasteiger partial charge in [0, 0.05) is 16.0 Å². The Morgan fingerprint density at radius 1 is 0.957 bits per heavy atom. The predicted molar refractivity (Wildman–Crippen MR) is 166 cm³/mol. The molecule has 6 atom stereocenters. The summed E-state index contributed by atoms with van der Waals surface area (Å²) in [7, 11) is 1.07. The van der Waals surface area contributed by atoms with Gasteiger partial charge in [-0.1, -0.05) is 53.1 Å². The zero-order valence-electron chi connectivity index (χ0n) is 24.7. The Hall–Kier alpha value is -4.74. The molecule has 6 unspecified atom stereocenters. The van der Waals surface area contributed by atoms with Crippen LogP contribution in [-0.2, 0) is 29.3 Å². The van der Waals surface area contributed by atoms with E-state index in [0.29, 0.717) is 26.6 Å². The summed E-state index contributed by atoms with van der Waals surface area (Å²) in [5, 5.41) is 11.7. The summed E-state index contributed by atoms with van der Waals surface area (Å²) in [6.45, 7) is 0. The minimum atomic E-state index is -1.64. The average Bonchev–Trinajstić information content (AvgIpc) is 3.43. The van der Waals surface area contributed by atoms with E-state index in [1.165, 1.54) is 36.4 Å². The normalized spacial score (nSPS) is 28.1. The Labute approximate surface area is 277 Å². The van der Waals surface area contributed by atoms with Gasteiger partial charge >= 0.3 is 6.09 Å². The van der Waals surface area contributed by atoms with E-state index in [0.717, 1.165) is 12.1 Å². The summed E-state index contributed by atoms with van der Waals surface area (Å²) in [5.74, 6) is -8.01. The number of hydrogen-bond donors (Lipinski definition) is 2. The Bertz CT molecular complexity index is 1900. The number of likely N-dealkylation sites (tertiary alicyclic amines) is 1. The van der Waals surface area contributed by atoms with Gasteiger partial charge in [0.2, 0.25) is 11.8 Å². The van der Waals surface area contributed by atoms with Crippen LogP contribution in [0.15, 0.2) is 78.4 Å². The van der Waals surface area contributed by atoms with E-state index in [-0.39, 0.29) is 29.3 Å². The number of aromatic hydroxyl groups is 1. The fourth-order valence-electron chi connectivity index (χ4n) is 8.02. The van der Waals surface area contributed by atoms with Crippen LogP contribution < -0.4 is 5.43 Å². The molecule has 7 rings (SSSR count). The number of carbonyl (C=O) groups excluding carboxylic acids is 5. The molecule has 2 aliphatic heterocycles. The molecule has 2 aliphatic carbocycles. The molecule has 4 aliphatic rings. The lowest BCUT2D eigenvalue weighted by atomic mass is 9.49. The average molecular weight is 679 g/mol. The SMILES string of the molecule is COC(=O)N1C(=O)C2CC=C3C(CC4C(=O)N(Nc5ccc(F)cc5)C(=O)C4(c4ccc(Cl)cc4)C3c3ccc(O)cc3Cl)C2C1=O. The van der Waals surface area contributed by atoms with Crippen LogP contribution >= 0.6 is 23.2 Å². The van der Waals surface area contributed by atoms with Crippen molar-refractivity contribution >= 4 is 58.6 Å². The van der Waals surface area contributed by atoms with Gasteiger partial charge in [-0.15, -0.1) is 0 Å². The quantitative estimate of drug-likeness (QED) is 0.270. The van der Waals surface area contributed by atoms with Crippen molar-refractivity contribution in [1.82, 2.24) is 9.91 Å². The van der Waals surface area contributed by atoms with Gasteiger partial charge in [0.1, 0.15) is 11.6 Å².